The van der Waals surface area contributed by atoms with Gasteiger partial charge in [0.05, 0.1) is 0 Å². The minimum Gasteiger partial charge on any atom is -0.376 e. The number of carbonyl (C=O) groups excluding carboxylic acids is 1. The number of hydrogen-bond donors (Lipinski definition) is 3. The Morgan fingerprint density at radius 3 is 2.96 bits per heavy atom. The standard InChI is InChI=1S/C20H25N5O2/c1-21-8-2-5-19(26)25-11-3-4-17(14-25)24-18-12-16(13-23-20(18)27)15-6-9-22-10-7-15/h2,5-7,9-10,12-13,17,21,24H,3-4,8,11,14H2,1H3,(H,23,27)/t17-/m1/s1. The third-order valence-electron chi connectivity index (χ3n) is 4.59. The summed E-state index contributed by atoms with van der Waals surface area (Å²) >= 11 is 0. The number of rotatable bonds is 6. The Bertz CT molecular complexity index is 847. The van der Waals surface area contributed by atoms with Crippen molar-refractivity contribution < 1.29 is 4.79 Å². The summed E-state index contributed by atoms with van der Waals surface area (Å²) in [4.78, 5) is 33.2. The molecule has 1 aliphatic rings. The van der Waals surface area contributed by atoms with Gasteiger partial charge in [-0.3, -0.25) is 14.6 Å². The highest BCUT2D eigenvalue weighted by Crippen LogP contribution is 2.20. The average molecular weight is 367 g/mol. The van der Waals surface area contributed by atoms with E-state index in [1.165, 1.54) is 0 Å². The van der Waals surface area contributed by atoms with Crippen LogP contribution < -0.4 is 16.2 Å². The van der Waals surface area contributed by atoms with Gasteiger partial charge in [-0.05, 0) is 43.7 Å². The van der Waals surface area contributed by atoms with Crippen LogP contribution in [0.5, 0.6) is 0 Å². The number of likely N-dealkylation sites (tertiary alicyclic amines) is 1. The molecular weight excluding hydrogens is 342 g/mol. The van der Waals surface area contributed by atoms with Crippen molar-refractivity contribution in [2.45, 2.75) is 18.9 Å². The van der Waals surface area contributed by atoms with Crippen LogP contribution in [0.15, 0.2) is 53.7 Å². The number of nitrogens with zero attached hydrogens (tertiary/aromatic N) is 2. The molecule has 2 aromatic rings. The largest absolute Gasteiger partial charge is 0.376 e. The van der Waals surface area contributed by atoms with Gasteiger partial charge >= 0.3 is 0 Å². The van der Waals surface area contributed by atoms with Crippen molar-refractivity contribution in [3.8, 4) is 11.1 Å². The first-order chi connectivity index (χ1) is 13.2. The first-order valence-electron chi connectivity index (χ1n) is 9.17. The maximum absolute atomic E-state index is 12.3. The minimum absolute atomic E-state index is 0.0104. The predicted octanol–water partition coefficient (Wildman–Crippen LogP) is 1.62. The van der Waals surface area contributed by atoms with Crippen LogP contribution in [-0.2, 0) is 4.79 Å². The number of piperidine rings is 1. The zero-order valence-electron chi connectivity index (χ0n) is 15.4. The average Bonchev–Trinajstić information content (AvgIpc) is 2.70. The Balaban J connectivity index is 1.69. The van der Waals surface area contributed by atoms with E-state index in [9.17, 15) is 9.59 Å². The zero-order chi connectivity index (χ0) is 19.1. The van der Waals surface area contributed by atoms with E-state index in [0.717, 1.165) is 30.5 Å². The molecule has 1 atom stereocenters. The SMILES string of the molecule is CNCC=CC(=O)N1CCC[C@@H](Nc2cc(-c3ccncc3)c[nH]c2=O)C1. The molecule has 3 heterocycles. The van der Waals surface area contributed by atoms with E-state index in [4.69, 9.17) is 0 Å². The number of carbonyl (C=O) groups is 1. The first-order valence-corrected chi connectivity index (χ1v) is 9.17. The van der Waals surface area contributed by atoms with E-state index in [-0.39, 0.29) is 17.5 Å². The molecule has 0 aromatic carbocycles. The number of likely N-dealkylation sites (N-methyl/N-ethyl adjacent to an activating group) is 1. The fourth-order valence-corrected chi connectivity index (χ4v) is 3.20. The highest BCUT2D eigenvalue weighted by atomic mass is 16.2. The summed E-state index contributed by atoms with van der Waals surface area (Å²) in [6.45, 7) is 1.99. The fourth-order valence-electron chi connectivity index (χ4n) is 3.20. The van der Waals surface area contributed by atoms with Crippen LogP contribution in [0.1, 0.15) is 12.8 Å². The smallest absolute Gasteiger partial charge is 0.271 e. The number of nitrogens with one attached hydrogen (secondary N) is 3. The Kier molecular flexibility index (Phi) is 6.38. The maximum Gasteiger partial charge on any atom is 0.271 e. The van der Waals surface area contributed by atoms with Gasteiger partial charge in [0.1, 0.15) is 5.69 Å². The van der Waals surface area contributed by atoms with E-state index >= 15 is 0 Å². The van der Waals surface area contributed by atoms with Gasteiger partial charge < -0.3 is 20.5 Å². The maximum atomic E-state index is 12.3. The van der Waals surface area contributed by atoms with Gasteiger partial charge in [-0.15, -0.1) is 0 Å². The summed E-state index contributed by atoms with van der Waals surface area (Å²) in [7, 11) is 1.84. The van der Waals surface area contributed by atoms with E-state index in [1.807, 2.05) is 36.2 Å². The van der Waals surface area contributed by atoms with Crippen molar-refractivity contribution in [1.29, 1.82) is 0 Å². The summed E-state index contributed by atoms with van der Waals surface area (Å²) < 4.78 is 0. The minimum atomic E-state index is -0.162. The molecule has 142 valence electrons. The van der Waals surface area contributed by atoms with Crippen LogP contribution in [0.25, 0.3) is 11.1 Å². The summed E-state index contributed by atoms with van der Waals surface area (Å²) in [5.41, 5.74) is 2.26. The number of aromatic amines is 1. The molecule has 7 nitrogen and oxygen atoms in total. The molecule has 1 fully saturated rings. The van der Waals surface area contributed by atoms with Crippen LogP contribution in [-0.4, -0.2) is 53.5 Å². The van der Waals surface area contributed by atoms with Gasteiger partial charge in [0, 0.05) is 55.9 Å². The zero-order valence-corrected chi connectivity index (χ0v) is 15.4. The van der Waals surface area contributed by atoms with E-state index in [0.29, 0.717) is 18.8 Å². The topological polar surface area (TPSA) is 90.1 Å². The molecule has 2 aromatic heterocycles. The van der Waals surface area contributed by atoms with E-state index < -0.39 is 0 Å². The summed E-state index contributed by atoms with van der Waals surface area (Å²) in [6, 6.07) is 5.70. The quantitative estimate of drug-likeness (QED) is 0.675. The third-order valence-corrected chi connectivity index (χ3v) is 4.59. The second kappa shape index (κ2) is 9.14. The first kappa shape index (κ1) is 18.8. The summed E-state index contributed by atoms with van der Waals surface area (Å²) in [5, 5.41) is 6.30. The van der Waals surface area contributed by atoms with Crippen molar-refractivity contribution in [3.05, 3.63) is 59.3 Å². The summed E-state index contributed by atoms with van der Waals surface area (Å²) in [5.74, 6) is 0.0104. The third kappa shape index (κ3) is 5.04. The predicted molar refractivity (Wildman–Crippen MR) is 107 cm³/mol. The van der Waals surface area contributed by atoms with Gasteiger partial charge in [0.25, 0.3) is 5.56 Å². The molecule has 0 aliphatic carbocycles. The van der Waals surface area contributed by atoms with Crippen LogP contribution in [0.4, 0.5) is 5.69 Å². The number of amides is 1. The molecule has 7 heteroatoms. The van der Waals surface area contributed by atoms with Crippen molar-refractivity contribution in [2.75, 3.05) is 32.0 Å². The van der Waals surface area contributed by atoms with Crippen LogP contribution in [0.2, 0.25) is 0 Å². The normalized spacial score (nSPS) is 17.2. The van der Waals surface area contributed by atoms with Gasteiger partial charge in [-0.1, -0.05) is 6.08 Å². The van der Waals surface area contributed by atoms with Crippen LogP contribution in [0.3, 0.4) is 0 Å². The summed E-state index contributed by atoms with van der Waals surface area (Å²) in [6.07, 6.45) is 10.4. The second-order valence-corrected chi connectivity index (χ2v) is 6.59. The molecule has 1 saturated heterocycles. The second-order valence-electron chi connectivity index (χ2n) is 6.59. The molecule has 0 unspecified atom stereocenters. The van der Waals surface area contributed by atoms with Crippen molar-refractivity contribution in [2.24, 2.45) is 0 Å². The molecular formula is C20H25N5O2. The van der Waals surface area contributed by atoms with E-state index in [1.54, 1.807) is 24.7 Å². The van der Waals surface area contributed by atoms with Gasteiger partial charge in [0.2, 0.25) is 5.91 Å². The number of aromatic nitrogens is 2. The Labute approximate surface area is 158 Å². The molecule has 0 saturated carbocycles. The molecule has 0 radical (unpaired) electrons. The molecule has 27 heavy (non-hydrogen) atoms. The molecule has 1 aliphatic heterocycles. The number of hydrogen-bond acceptors (Lipinski definition) is 5. The van der Waals surface area contributed by atoms with Crippen molar-refractivity contribution >= 4 is 11.6 Å². The molecule has 1 amide bonds. The monoisotopic (exact) mass is 367 g/mol. The molecule has 0 spiro atoms. The van der Waals surface area contributed by atoms with Gasteiger partial charge in [-0.2, -0.15) is 0 Å². The lowest BCUT2D eigenvalue weighted by Gasteiger charge is -2.33. The molecule has 0 bridgehead atoms. The number of H-pyrrole nitrogens is 1. The van der Waals surface area contributed by atoms with Crippen molar-refractivity contribution in [3.63, 3.8) is 0 Å². The van der Waals surface area contributed by atoms with Crippen LogP contribution >= 0.6 is 0 Å². The Morgan fingerprint density at radius 1 is 1.37 bits per heavy atom. The Hall–Kier alpha value is -2.93. The molecule has 3 rings (SSSR count). The highest BCUT2D eigenvalue weighted by Gasteiger charge is 2.23. The van der Waals surface area contributed by atoms with Gasteiger partial charge in [0.15, 0.2) is 0 Å². The number of anilines is 1. The lowest BCUT2D eigenvalue weighted by atomic mass is 10.0. The van der Waals surface area contributed by atoms with E-state index in [2.05, 4.69) is 20.6 Å². The molecule has 3 N–H and O–H groups in total. The Morgan fingerprint density at radius 2 is 2.19 bits per heavy atom. The number of pyridine rings is 2. The highest BCUT2D eigenvalue weighted by molar-refractivity contribution is 5.87. The lowest BCUT2D eigenvalue weighted by molar-refractivity contribution is -0.127. The fraction of sp³-hybridized carbons (Fsp3) is 0.350. The van der Waals surface area contributed by atoms with Crippen molar-refractivity contribution in [1.82, 2.24) is 20.2 Å². The van der Waals surface area contributed by atoms with Crippen LogP contribution in [0, 0.1) is 0 Å². The van der Waals surface area contributed by atoms with Gasteiger partial charge in [-0.25, -0.2) is 0 Å². The lowest BCUT2D eigenvalue weighted by Crippen LogP contribution is -2.45.